The minimum atomic E-state index is 0.837. The van der Waals surface area contributed by atoms with Crippen LogP contribution in [0.15, 0.2) is 243 Å². The molecular weight excluding hydrogens is 837 g/mol. The molecule has 12 rings (SSSR count). The normalized spacial score (nSPS) is 11.6. The molecule has 0 N–H and O–H groups in total. The van der Waals surface area contributed by atoms with Gasteiger partial charge in [-0.05, 0) is 156 Å². The maximum Gasteiger partial charge on any atom is 0.137 e. The Balaban J connectivity index is 1.22. The Morgan fingerprint density at radius 2 is 0.870 bits per heavy atom. The SMILES string of the molecule is C=Cc1ccc(-c2c3ccc(N(c4ccccn4)c4cccc5ccccc45)cc3c(-c3ccc4ccccc4c3)c3ccc(N(c4ccccn4)c4cccc5ccccc45)cc23)cc1/C=C\C. The van der Waals surface area contributed by atoms with E-state index in [9.17, 15) is 0 Å². The van der Waals surface area contributed by atoms with Gasteiger partial charge in [0.25, 0.3) is 0 Å². The van der Waals surface area contributed by atoms with Gasteiger partial charge in [-0.1, -0.05) is 170 Å². The molecule has 12 aromatic rings. The molecule has 0 atom stereocenters. The predicted molar refractivity (Wildman–Crippen MR) is 295 cm³/mol. The molecule has 0 unspecified atom stereocenters. The molecule has 10 aromatic carbocycles. The van der Waals surface area contributed by atoms with Crippen molar-refractivity contribution in [3.63, 3.8) is 0 Å². The first kappa shape index (κ1) is 41.3. The van der Waals surface area contributed by atoms with Crippen molar-refractivity contribution >= 4 is 100 Å². The van der Waals surface area contributed by atoms with E-state index >= 15 is 0 Å². The Bertz CT molecular complexity index is 3940. The third kappa shape index (κ3) is 7.36. The lowest BCUT2D eigenvalue weighted by atomic mass is 9.84. The van der Waals surface area contributed by atoms with E-state index in [-0.39, 0.29) is 0 Å². The van der Waals surface area contributed by atoms with Crippen LogP contribution in [0.3, 0.4) is 0 Å². The van der Waals surface area contributed by atoms with E-state index in [1.54, 1.807) is 0 Å². The first-order chi connectivity index (χ1) is 34.1. The van der Waals surface area contributed by atoms with Crippen LogP contribution >= 0.6 is 0 Å². The van der Waals surface area contributed by atoms with Gasteiger partial charge in [-0.3, -0.25) is 9.80 Å². The largest absolute Gasteiger partial charge is 0.294 e. The van der Waals surface area contributed by atoms with Crippen molar-refractivity contribution in [2.45, 2.75) is 6.92 Å². The highest BCUT2D eigenvalue weighted by atomic mass is 15.2. The van der Waals surface area contributed by atoms with Gasteiger partial charge in [0.15, 0.2) is 0 Å². The average Bonchev–Trinajstić information content (AvgIpc) is 3.41. The smallest absolute Gasteiger partial charge is 0.137 e. The number of hydrogen-bond donors (Lipinski definition) is 0. The Morgan fingerprint density at radius 3 is 1.41 bits per heavy atom. The summed E-state index contributed by atoms with van der Waals surface area (Å²) in [5.74, 6) is 1.67. The fraction of sp³-hybridized carbons (Fsp3) is 0.0154. The Hall–Kier alpha value is -9.12. The highest BCUT2D eigenvalue weighted by Crippen LogP contribution is 2.49. The average molecular weight is 883 g/mol. The number of rotatable bonds is 10. The molecule has 0 aliphatic carbocycles. The molecule has 0 aliphatic heterocycles. The molecule has 4 heteroatoms. The molecule has 0 saturated heterocycles. The van der Waals surface area contributed by atoms with Crippen LogP contribution in [-0.2, 0) is 0 Å². The van der Waals surface area contributed by atoms with Crippen LogP contribution in [0.25, 0.3) is 88.3 Å². The molecule has 0 saturated carbocycles. The summed E-state index contributed by atoms with van der Waals surface area (Å²) in [5, 5.41) is 11.6. The van der Waals surface area contributed by atoms with E-state index < -0.39 is 0 Å². The molecule has 2 aromatic heterocycles. The van der Waals surface area contributed by atoms with E-state index in [0.29, 0.717) is 0 Å². The first-order valence-electron chi connectivity index (χ1n) is 23.5. The number of benzene rings is 10. The fourth-order valence-corrected chi connectivity index (χ4v) is 10.3. The third-order valence-electron chi connectivity index (χ3n) is 13.4. The number of fused-ring (bicyclic) bond motifs is 5. The minimum absolute atomic E-state index is 0.837. The highest BCUT2D eigenvalue weighted by Gasteiger charge is 2.24. The van der Waals surface area contributed by atoms with E-state index in [0.717, 1.165) is 100 Å². The van der Waals surface area contributed by atoms with Crippen LogP contribution in [0.1, 0.15) is 18.1 Å². The molecule has 0 aliphatic rings. The van der Waals surface area contributed by atoms with E-state index in [1.807, 2.05) is 30.6 Å². The van der Waals surface area contributed by atoms with Crippen LogP contribution in [0, 0.1) is 0 Å². The van der Waals surface area contributed by atoms with Crippen molar-refractivity contribution in [2.75, 3.05) is 9.80 Å². The number of anilines is 6. The minimum Gasteiger partial charge on any atom is -0.294 e. The Labute approximate surface area is 402 Å². The maximum absolute atomic E-state index is 4.99. The number of aromatic nitrogens is 2. The van der Waals surface area contributed by atoms with Crippen LogP contribution < -0.4 is 9.80 Å². The predicted octanol–water partition coefficient (Wildman–Crippen LogP) is 18.2. The molecule has 69 heavy (non-hydrogen) atoms. The van der Waals surface area contributed by atoms with Gasteiger partial charge in [-0.2, -0.15) is 0 Å². The molecule has 0 bridgehead atoms. The Morgan fingerprint density at radius 1 is 0.377 bits per heavy atom. The zero-order valence-corrected chi connectivity index (χ0v) is 38.2. The van der Waals surface area contributed by atoms with Crippen LogP contribution in [0.4, 0.5) is 34.4 Å². The maximum atomic E-state index is 4.99. The number of hydrogen-bond acceptors (Lipinski definition) is 4. The second-order valence-electron chi connectivity index (χ2n) is 17.4. The fourth-order valence-electron chi connectivity index (χ4n) is 10.3. The summed E-state index contributed by atoms with van der Waals surface area (Å²) >= 11 is 0. The molecule has 0 fully saturated rings. The molecule has 2 heterocycles. The summed E-state index contributed by atoms with van der Waals surface area (Å²) in [6.07, 6.45) is 9.97. The van der Waals surface area contributed by atoms with E-state index in [4.69, 9.17) is 9.97 Å². The molecule has 0 amide bonds. The van der Waals surface area contributed by atoms with Crippen molar-refractivity contribution in [1.29, 1.82) is 0 Å². The molecular formula is C65H46N4. The summed E-state index contributed by atoms with van der Waals surface area (Å²) in [7, 11) is 0. The van der Waals surface area contributed by atoms with Gasteiger partial charge in [0.05, 0.1) is 11.4 Å². The van der Waals surface area contributed by atoms with Gasteiger partial charge in [0.2, 0.25) is 0 Å². The van der Waals surface area contributed by atoms with Gasteiger partial charge in [0.1, 0.15) is 11.6 Å². The second kappa shape index (κ2) is 17.6. The van der Waals surface area contributed by atoms with Gasteiger partial charge >= 0.3 is 0 Å². The van der Waals surface area contributed by atoms with Crippen molar-refractivity contribution in [3.8, 4) is 22.3 Å². The summed E-state index contributed by atoms with van der Waals surface area (Å²) in [6, 6.07) is 78.7. The van der Waals surface area contributed by atoms with Crippen LogP contribution in [0.2, 0.25) is 0 Å². The van der Waals surface area contributed by atoms with Crippen LogP contribution in [0.5, 0.6) is 0 Å². The second-order valence-corrected chi connectivity index (χ2v) is 17.4. The third-order valence-corrected chi connectivity index (χ3v) is 13.4. The monoisotopic (exact) mass is 882 g/mol. The summed E-state index contributed by atoms with van der Waals surface area (Å²) in [5.41, 5.74) is 10.9. The number of pyridine rings is 2. The zero-order chi connectivity index (χ0) is 46.3. The van der Waals surface area contributed by atoms with Gasteiger partial charge < -0.3 is 0 Å². The van der Waals surface area contributed by atoms with Gasteiger partial charge in [-0.25, -0.2) is 9.97 Å². The van der Waals surface area contributed by atoms with Crippen molar-refractivity contribution in [2.24, 2.45) is 0 Å². The topological polar surface area (TPSA) is 32.3 Å². The molecule has 4 nitrogen and oxygen atoms in total. The highest BCUT2D eigenvalue weighted by molar-refractivity contribution is 6.23. The number of nitrogens with zero attached hydrogens (tertiary/aromatic N) is 4. The lowest BCUT2D eigenvalue weighted by molar-refractivity contribution is 1.19. The zero-order valence-electron chi connectivity index (χ0n) is 38.2. The Kier molecular flexibility index (Phi) is 10.5. The summed E-state index contributed by atoms with van der Waals surface area (Å²) in [4.78, 5) is 14.6. The van der Waals surface area contributed by atoms with Crippen LogP contribution in [-0.4, -0.2) is 9.97 Å². The van der Waals surface area contributed by atoms with Gasteiger partial charge in [-0.15, -0.1) is 0 Å². The standard InChI is InChI=1S/C65H46N4/c1-3-17-48-40-50(32-30-44(48)4-2)64-56-36-34-53(69(63-29-12-14-39-67-63)61-27-16-23-47-20-8-10-25-55(47)61)43-59(56)65(51-33-31-45-18-5-6-21-49(45)41-51)57-37-35-52(42-58(57)64)68(62-28-11-13-38-66-62)60-26-15-22-46-19-7-9-24-54(46)60/h3-43H,2H2,1H3/b17-3-. The molecule has 0 radical (unpaired) electrons. The van der Waals surface area contributed by atoms with Crippen molar-refractivity contribution in [3.05, 3.63) is 255 Å². The quantitative estimate of drug-likeness (QED) is 0.128. The first-order valence-corrected chi connectivity index (χ1v) is 23.5. The number of allylic oxidation sites excluding steroid dienone is 1. The lowest BCUT2D eigenvalue weighted by Crippen LogP contribution is -2.12. The van der Waals surface area contributed by atoms with E-state index in [1.165, 1.54) is 21.5 Å². The summed E-state index contributed by atoms with van der Waals surface area (Å²) in [6.45, 7) is 6.26. The summed E-state index contributed by atoms with van der Waals surface area (Å²) < 4.78 is 0. The molecule has 0 spiro atoms. The van der Waals surface area contributed by atoms with Gasteiger partial charge in [0, 0.05) is 34.5 Å². The molecule has 326 valence electrons. The van der Waals surface area contributed by atoms with Crippen molar-refractivity contribution < 1.29 is 0 Å². The van der Waals surface area contributed by atoms with E-state index in [2.05, 4.69) is 242 Å². The lowest BCUT2D eigenvalue weighted by Gasteiger charge is -2.28. The van der Waals surface area contributed by atoms with Crippen molar-refractivity contribution in [1.82, 2.24) is 9.97 Å².